The molecule has 0 amide bonds. The summed E-state index contributed by atoms with van der Waals surface area (Å²) in [6.07, 6.45) is 1.21. The largest absolute Gasteiger partial charge is 0.645 e. The van der Waals surface area contributed by atoms with Crippen molar-refractivity contribution in [1.29, 1.82) is 0 Å². The molecule has 0 aliphatic rings. The molecule has 10 heavy (non-hydrogen) atoms. The maximum absolute atomic E-state index is 11.6. The van der Waals surface area contributed by atoms with Crippen molar-refractivity contribution >= 4 is 9.08 Å². The Morgan fingerprint density at radius 2 is 1.50 bits per heavy atom. The van der Waals surface area contributed by atoms with Gasteiger partial charge < -0.3 is 0 Å². The molecule has 4 heteroatoms. The van der Waals surface area contributed by atoms with Crippen LogP contribution in [0.4, 0.5) is 12.3 Å². The van der Waals surface area contributed by atoms with Gasteiger partial charge in [0.2, 0.25) is 0 Å². The third-order valence-corrected chi connectivity index (χ3v) is 1.32. The van der Waals surface area contributed by atoms with Gasteiger partial charge >= 0.3 is 9.08 Å². The van der Waals surface area contributed by atoms with Crippen molar-refractivity contribution in [3.05, 3.63) is 11.8 Å². The van der Waals surface area contributed by atoms with Crippen molar-refractivity contribution in [2.45, 2.75) is 20.8 Å². The first-order chi connectivity index (χ1) is 4.21. The Hall–Kier alpha value is -0.253. The second-order valence-corrected chi connectivity index (χ2v) is 4.66. The zero-order chi connectivity index (χ0) is 8.41. The summed E-state index contributed by atoms with van der Waals surface area (Å²) in [6, 6.07) is 0. The lowest BCUT2D eigenvalue weighted by molar-refractivity contribution is 0.491. The quantitative estimate of drug-likeness (QED) is 0.417. The highest BCUT2D eigenvalue weighted by Crippen LogP contribution is 2.18. The summed E-state index contributed by atoms with van der Waals surface area (Å²) in [4.78, 5) is 0. The number of allylic oxidation sites excluding steroid dienone is 1. The van der Waals surface area contributed by atoms with E-state index in [4.69, 9.17) is 0 Å². The Morgan fingerprint density at radius 3 is 1.60 bits per heavy atom. The average Bonchev–Trinajstić information content (AvgIpc) is 1.57. The lowest BCUT2D eigenvalue weighted by Gasteiger charge is -2.10. The van der Waals surface area contributed by atoms with Crippen molar-refractivity contribution in [2.75, 3.05) is 0 Å². The summed E-state index contributed by atoms with van der Waals surface area (Å²) >= 11 is 0. The molecule has 0 fully saturated rings. The van der Waals surface area contributed by atoms with Crippen LogP contribution in [-0.4, -0.2) is 9.08 Å². The minimum absolute atomic E-state index is 0.359. The monoisotopic (exact) mass is 168 g/mol. The van der Waals surface area contributed by atoms with Gasteiger partial charge in [0.05, 0.1) is 0 Å². The van der Waals surface area contributed by atoms with Crippen molar-refractivity contribution in [3.63, 3.8) is 0 Å². The van der Waals surface area contributed by atoms with Crippen LogP contribution in [0.5, 0.6) is 0 Å². The van der Waals surface area contributed by atoms with E-state index in [1.807, 2.05) is 0 Å². The molecule has 0 rings (SSSR count). The molecule has 0 saturated heterocycles. The van der Waals surface area contributed by atoms with Crippen LogP contribution < -0.4 is 0 Å². The van der Waals surface area contributed by atoms with Crippen LogP contribution in [0.3, 0.4) is 0 Å². The molecule has 0 nitrogen and oxygen atoms in total. The molecule has 0 aromatic heterocycles. The van der Waals surface area contributed by atoms with E-state index in [0.29, 0.717) is 5.70 Å². The fraction of sp³-hybridized carbons (Fsp3) is 0.667. The van der Waals surface area contributed by atoms with E-state index in [1.54, 1.807) is 20.8 Å². The van der Waals surface area contributed by atoms with E-state index in [9.17, 15) is 12.3 Å². The first-order valence-electron chi connectivity index (χ1n) is 2.98. The molecule has 0 saturated carbocycles. The first kappa shape index (κ1) is 9.75. The van der Waals surface area contributed by atoms with Gasteiger partial charge in [-0.15, -0.1) is 0 Å². The second kappa shape index (κ2) is 2.78. The average molecular weight is 168 g/mol. The highest BCUT2D eigenvalue weighted by molar-refractivity contribution is 6.64. The molecule has 60 valence electrons. The maximum atomic E-state index is 11.6. The fourth-order valence-electron chi connectivity index (χ4n) is 0.344. The van der Waals surface area contributed by atoms with Gasteiger partial charge in [0, 0.05) is 0 Å². The Labute approximate surface area is 60.3 Å². The summed E-state index contributed by atoms with van der Waals surface area (Å²) in [7, 11) is -5.45. The Morgan fingerprint density at radius 1 is 1.10 bits per heavy atom. The lowest BCUT2D eigenvalue weighted by Crippen LogP contribution is -2.12. The van der Waals surface area contributed by atoms with Gasteiger partial charge in [-0.2, -0.15) is 0 Å². The summed E-state index contributed by atoms with van der Waals surface area (Å²) in [6.45, 7) is 5.22. The van der Waals surface area contributed by atoms with E-state index in [0.717, 1.165) is 0 Å². The first-order valence-corrected chi connectivity index (χ1v) is 4.69. The minimum Gasteiger partial charge on any atom is -0.234 e. The molecule has 0 bridgehead atoms. The molecule has 0 spiro atoms. The van der Waals surface area contributed by atoms with E-state index in [2.05, 4.69) is 0 Å². The van der Waals surface area contributed by atoms with Crippen molar-refractivity contribution in [2.24, 2.45) is 5.41 Å². The molecule has 0 unspecified atom stereocenters. The van der Waals surface area contributed by atoms with Crippen molar-refractivity contribution < 1.29 is 12.3 Å². The molecular formula is C6H11F3Si. The number of rotatable bonds is 1. The standard InChI is InChI=1S/C6H11F3Si/c1-6(2,3)4-5-10(7,8)9/h4-5H,1-3H3/b5-4+. The Kier molecular flexibility index (Phi) is 2.71. The summed E-state index contributed by atoms with van der Waals surface area (Å²) in [5.41, 5.74) is 0.0511. The van der Waals surface area contributed by atoms with Gasteiger partial charge in [0.25, 0.3) is 0 Å². The van der Waals surface area contributed by atoms with Gasteiger partial charge in [0.1, 0.15) is 0 Å². The molecule has 0 radical (unpaired) electrons. The summed E-state index contributed by atoms with van der Waals surface area (Å²) < 4.78 is 34.9. The molecular weight excluding hydrogens is 157 g/mol. The second-order valence-electron chi connectivity index (χ2n) is 3.24. The minimum atomic E-state index is -5.45. The van der Waals surface area contributed by atoms with Crippen LogP contribution in [0, 0.1) is 5.41 Å². The topological polar surface area (TPSA) is 0 Å². The third kappa shape index (κ3) is 7.75. The Balaban J connectivity index is 4.01. The van der Waals surface area contributed by atoms with Gasteiger partial charge in [-0.3, -0.25) is 0 Å². The predicted molar refractivity (Wildman–Crippen MR) is 37.7 cm³/mol. The van der Waals surface area contributed by atoms with Crippen LogP contribution in [-0.2, 0) is 0 Å². The smallest absolute Gasteiger partial charge is 0.234 e. The van der Waals surface area contributed by atoms with Crippen LogP contribution in [0.25, 0.3) is 0 Å². The normalized spacial score (nSPS) is 14.6. The number of halogens is 3. The van der Waals surface area contributed by atoms with E-state index >= 15 is 0 Å². The highest BCUT2D eigenvalue weighted by atomic mass is 28.5. The molecule has 0 N–H and O–H groups in total. The summed E-state index contributed by atoms with van der Waals surface area (Å²) in [5.74, 6) is 0. The van der Waals surface area contributed by atoms with Crippen LogP contribution in [0.1, 0.15) is 20.8 Å². The number of hydrogen-bond acceptors (Lipinski definition) is 0. The molecule has 0 aromatic rings. The van der Waals surface area contributed by atoms with Gasteiger partial charge in [-0.05, 0) is 11.1 Å². The zero-order valence-corrected chi connectivity index (χ0v) is 7.29. The maximum Gasteiger partial charge on any atom is 0.645 e. The molecule has 0 aromatic carbocycles. The van der Waals surface area contributed by atoms with Crippen LogP contribution >= 0.6 is 0 Å². The van der Waals surface area contributed by atoms with Crippen molar-refractivity contribution in [3.8, 4) is 0 Å². The third-order valence-electron chi connectivity index (χ3n) is 0.772. The van der Waals surface area contributed by atoms with E-state index < -0.39 is 9.08 Å². The Bertz CT molecular complexity index is 113. The summed E-state index contributed by atoms with van der Waals surface area (Å²) in [5, 5.41) is 0. The fourth-order valence-corrected chi connectivity index (χ4v) is 1.03. The molecule has 0 atom stereocenters. The van der Waals surface area contributed by atoms with Gasteiger partial charge in [-0.25, -0.2) is 12.3 Å². The molecule has 0 heterocycles. The van der Waals surface area contributed by atoms with Crippen LogP contribution in [0.15, 0.2) is 11.8 Å². The van der Waals surface area contributed by atoms with Crippen LogP contribution in [0.2, 0.25) is 0 Å². The SMILES string of the molecule is CC(C)(C)/C=C/[Si](F)(F)F. The van der Waals surface area contributed by atoms with E-state index in [1.165, 1.54) is 6.08 Å². The lowest BCUT2D eigenvalue weighted by atomic mass is 9.98. The highest BCUT2D eigenvalue weighted by Gasteiger charge is 2.32. The predicted octanol–water partition coefficient (Wildman–Crippen LogP) is 2.98. The van der Waals surface area contributed by atoms with Gasteiger partial charge in [-0.1, -0.05) is 26.8 Å². The van der Waals surface area contributed by atoms with Crippen molar-refractivity contribution in [1.82, 2.24) is 0 Å². The van der Waals surface area contributed by atoms with E-state index in [-0.39, 0.29) is 5.41 Å². The molecule has 0 aliphatic heterocycles. The zero-order valence-electron chi connectivity index (χ0n) is 6.29. The number of hydrogen-bond donors (Lipinski definition) is 0. The molecule has 0 aliphatic carbocycles. The van der Waals surface area contributed by atoms with Gasteiger partial charge in [0.15, 0.2) is 0 Å².